The van der Waals surface area contributed by atoms with Gasteiger partial charge >= 0.3 is 0 Å². The average molecular weight is 428 g/mol. The van der Waals surface area contributed by atoms with Gasteiger partial charge in [-0.3, -0.25) is 9.59 Å². The smallest absolute Gasteiger partial charge is 0.237 e. The largest absolute Gasteiger partial charge is 0.493 e. The third-order valence-electron chi connectivity index (χ3n) is 5.10. The molecule has 1 saturated heterocycles. The fraction of sp³-hybridized carbons (Fsp3) is 0.435. The van der Waals surface area contributed by atoms with E-state index in [0.717, 1.165) is 5.75 Å². The van der Waals surface area contributed by atoms with Crippen LogP contribution in [0.15, 0.2) is 48.7 Å². The van der Waals surface area contributed by atoms with Crippen LogP contribution in [0.5, 0.6) is 11.6 Å². The zero-order chi connectivity index (χ0) is 21.9. The number of pyridine rings is 1. The van der Waals surface area contributed by atoms with Crippen molar-refractivity contribution in [3.05, 3.63) is 48.7 Å². The van der Waals surface area contributed by atoms with Crippen molar-refractivity contribution in [1.82, 2.24) is 9.88 Å². The first kappa shape index (κ1) is 22.6. The molecule has 1 aliphatic heterocycles. The average Bonchev–Trinajstić information content (AvgIpc) is 2.81. The number of likely N-dealkylation sites (tertiary alicyclic amines) is 1. The summed E-state index contributed by atoms with van der Waals surface area (Å²) in [5, 5.41) is 2.91. The number of carbonyl (C=O) groups is 2. The zero-order valence-electron chi connectivity index (χ0n) is 17.8. The van der Waals surface area contributed by atoms with Gasteiger partial charge in [0.1, 0.15) is 18.0 Å². The Morgan fingerprint density at radius 2 is 1.81 bits per heavy atom. The molecule has 0 bridgehead atoms. The van der Waals surface area contributed by atoms with E-state index >= 15 is 0 Å². The second-order valence-corrected chi connectivity index (χ2v) is 7.25. The Labute approximate surface area is 182 Å². The molecule has 8 nitrogen and oxygen atoms in total. The van der Waals surface area contributed by atoms with Crippen LogP contribution in [0.1, 0.15) is 19.3 Å². The lowest BCUT2D eigenvalue weighted by Gasteiger charge is -2.31. The normalized spacial score (nSPS) is 14.2. The van der Waals surface area contributed by atoms with Crippen molar-refractivity contribution in [2.24, 2.45) is 5.92 Å². The Morgan fingerprint density at radius 1 is 1.03 bits per heavy atom. The van der Waals surface area contributed by atoms with Crippen LogP contribution in [0.25, 0.3) is 0 Å². The molecule has 166 valence electrons. The van der Waals surface area contributed by atoms with Crippen LogP contribution in [-0.2, 0) is 14.3 Å². The van der Waals surface area contributed by atoms with Crippen molar-refractivity contribution in [2.75, 3.05) is 45.3 Å². The van der Waals surface area contributed by atoms with Crippen LogP contribution >= 0.6 is 0 Å². The molecule has 1 aromatic carbocycles. The number of amides is 2. The summed E-state index contributed by atoms with van der Waals surface area (Å²) >= 11 is 0. The van der Waals surface area contributed by atoms with Crippen molar-refractivity contribution in [1.29, 1.82) is 0 Å². The fourth-order valence-electron chi connectivity index (χ4n) is 3.38. The van der Waals surface area contributed by atoms with Gasteiger partial charge in [0.25, 0.3) is 0 Å². The Morgan fingerprint density at radius 3 is 2.55 bits per heavy atom. The third-order valence-corrected chi connectivity index (χ3v) is 5.10. The summed E-state index contributed by atoms with van der Waals surface area (Å²) in [6.07, 6.45) is 3.18. The van der Waals surface area contributed by atoms with E-state index in [-0.39, 0.29) is 17.7 Å². The SMILES string of the molecule is COCCOc1ncccc1NC(=O)C1CCN(C(=O)CCOc2ccccc2)CC1. The van der Waals surface area contributed by atoms with Crippen LogP contribution in [0.3, 0.4) is 0 Å². The minimum atomic E-state index is -0.156. The molecule has 8 heteroatoms. The summed E-state index contributed by atoms with van der Waals surface area (Å²) in [6.45, 7) is 2.26. The molecule has 2 amide bonds. The zero-order valence-corrected chi connectivity index (χ0v) is 17.8. The molecule has 1 N–H and O–H groups in total. The fourth-order valence-corrected chi connectivity index (χ4v) is 3.38. The number of benzene rings is 1. The lowest BCUT2D eigenvalue weighted by Crippen LogP contribution is -2.41. The van der Waals surface area contributed by atoms with E-state index in [1.165, 1.54) is 0 Å². The summed E-state index contributed by atoms with van der Waals surface area (Å²) in [7, 11) is 1.60. The number of anilines is 1. The highest BCUT2D eigenvalue weighted by molar-refractivity contribution is 5.93. The van der Waals surface area contributed by atoms with Gasteiger partial charge in [-0.2, -0.15) is 0 Å². The number of para-hydroxylation sites is 1. The number of hydrogen-bond acceptors (Lipinski definition) is 6. The molecule has 0 unspecified atom stereocenters. The number of piperidine rings is 1. The van der Waals surface area contributed by atoms with E-state index in [1.807, 2.05) is 35.2 Å². The Bertz CT molecular complexity index is 838. The second kappa shape index (κ2) is 11.9. The lowest BCUT2D eigenvalue weighted by atomic mass is 9.95. The summed E-state index contributed by atoms with van der Waals surface area (Å²) in [5.74, 6) is 0.946. The molecule has 1 aromatic heterocycles. The Balaban J connectivity index is 1.42. The number of nitrogens with zero attached hydrogens (tertiary/aromatic N) is 2. The van der Waals surface area contributed by atoms with Crippen LogP contribution in [0.2, 0.25) is 0 Å². The van der Waals surface area contributed by atoms with Crippen molar-refractivity contribution in [2.45, 2.75) is 19.3 Å². The quantitative estimate of drug-likeness (QED) is 0.587. The van der Waals surface area contributed by atoms with Crippen LogP contribution in [-0.4, -0.2) is 61.7 Å². The lowest BCUT2D eigenvalue weighted by molar-refractivity contribution is -0.135. The van der Waals surface area contributed by atoms with Gasteiger partial charge in [-0.25, -0.2) is 4.98 Å². The number of hydrogen-bond donors (Lipinski definition) is 1. The molecular formula is C23H29N3O5. The van der Waals surface area contributed by atoms with Crippen LogP contribution < -0.4 is 14.8 Å². The minimum absolute atomic E-state index is 0.0517. The van der Waals surface area contributed by atoms with Gasteiger partial charge in [-0.1, -0.05) is 18.2 Å². The highest BCUT2D eigenvalue weighted by Crippen LogP contribution is 2.24. The van der Waals surface area contributed by atoms with Crippen LogP contribution in [0, 0.1) is 5.92 Å². The van der Waals surface area contributed by atoms with Crippen molar-refractivity contribution in [3.8, 4) is 11.6 Å². The summed E-state index contributed by atoms with van der Waals surface area (Å²) in [6, 6.07) is 13.0. The predicted octanol–water partition coefficient (Wildman–Crippen LogP) is 2.75. The highest BCUT2D eigenvalue weighted by Gasteiger charge is 2.27. The number of rotatable bonds is 10. The molecule has 2 heterocycles. The summed E-state index contributed by atoms with van der Waals surface area (Å²) in [5.41, 5.74) is 0.542. The number of nitrogens with one attached hydrogen (secondary N) is 1. The third kappa shape index (κ3) is 6.96. The number of carbonyl (C=O) groups excluding carboxylic acids is 2. The maximum atomic E-state index is 12.7. The second-order valence-electron chi connectivity index (χ2n) is 7.25. The van der Waals surface area contributed by atoms with E-state index in [9.17, 15) is 9.59 Å². The Kier molecular flexibility index (Phi) is 8.66. The Hall–Kier alpha value is -3.13. The molecule has 2 aromatic rings. The predicted molar refractivity (Wildman–Crippen MR) is 116 cm³/mol. The first-order valence-electron chi connectivity index (χ1n) is 10.5. The van der Waals surface area contributed by atoms with Gasteiger partial charge in [0.15, 0.2) is 0 Å². The first-order chi connectivity index (χ1) is 15.2. The van der Waals surface area contributed by atoms with Gasteiger partial charge in [-0.15, -0.1) is 0 Å². The number of methoxy groups -OCH3 is 1. The molecule has 0 spiro atoms. The molecule has 1 aliphatic rings. The van der Waals surface area contributed by atoms with Gasteiger partial charge in [0.05, 0.1) is 19.6 Å². The molecule has 31 heavy (non-hydrogen) atoms. The van der Waals surface area contributed by atoms with Gasteiger partial charge in [0.2, 0.25) is 17.7 Å². The molecule has 3 rings (SSSR count). The number of aromatic nitrogens is 1. The van der Waals surface area contributed by atoms with Gasteiger partial charge < -0.3 is 24.4 Å². The topological polar surface area (TPSA) is 90.0 Å². The molecule has 0 aliphatic carbocycles. The van der Waals surface area contributed by atoms with Gasteiger partial charge in [0, 0.05) is 32.3 Å². The monoisotopic (exact) mass is 427 g/mol. The maximum absolute atomic E-state index is 12.7. The van der Waals surface area contributed by atoms with E-state index in [4.69, 9.17) is 14.2 Å². The summed E-state index contributed by atoms with van der Waals surface area (Å²) < 4.78 is 16.1. The first-order valence-corrected chi connectivity index (χ1v) is 10.5. The van der Waals surface area contributed by atoms with Crippen molar-refractivity contribution < 1.29 is 23.8 Å². The molecule has 0 atom stereocenters. The molecule has 0 saturated carbocycles. The van der Waals surface area contributed by atoms with Crippen molar-refractivity contribution >= 4 is 17.5 Å². The summed E-state index contributed by atoms with van der Waals surface area (Å²) in [4.78, 5) is 31.1. The maximum Gasteiger partial charge on any atom is 0.237 e. The van der Waals surface area contributed by atoms with E-state index < -0.39 is 0 Å². The minimum Gasteiger partial charge on any atom is -0.493 e. The van der Waals surface area contributed by atoms with E-state index in [2.05, 4.69) is 10.3 Å². The number of ether oxygens (including phenoxy) is 3. The molecular weight excluding hydrogens is 398 g/mol. The van der Waals surface area contributed by atoms with Crippen LogP contribution in [0.4, 0.5) is 5.69 Å². The highest BCUT2D eigenvalue weighted by atomic mass is 16.5. The van der Waals surface area contributed by atoms with E-state index in [1.54, 1.807) is 25.4 Å². The standard InChI is InChI=1S/C23H29N3O5/c1-29-16-17-31-23-20(8-5-12-24-23)25-22(28)18-9-13-26(14-10-18)21(27)11-15-30-19-6-3-2-4-7-19/h2-8,12,18H,9-11,13-17H2,1H3,(H,25,28). The van der Waals surface area contributed by atoms with Crippen molar-refractivity contribution in [3.63, 3.8) is 0 Å². The van der Waals surface area contributed by atoms with Gasteiger partial charge in [-0.05, 0) is 37.1 Å². The van der Waals surface area contributed by atoms with E-state index in [0.29, 0.717) is 63.7 Å². The molecule has 0 radical (unpaired) electrons. The molecule has 1 fully saturated rings.